The smallest absolute Gasteiger partial charge is 0.251 e. The van der Waals surface area contributed by atoms with Gasteiger partial charge in [0.2, 0.25) is 5.95 Å². The molecule has 2 N–H and O–H groups in total. The molecule has 1 fully saturated rings. The van der Waals surface area contributed by atoms with Crippen molar-refractivity contribution >= 4 is 17.7 Å². The monoisotopic (exact) mass is 378 g/mol. The van der Waals surface area contributed by atoms with Crippen LogP contribution in [0.3, 0.4) is 0 Å². The number of rotatable bonds is 5. The Kier molecular flexibility index (Phi) is 6.09. The summed E-state index contributed by atoms with van der Waals surface area (Å²) in [4.78, 5) is 23.4. The van der Waals surface area contributed by atoms with Gasteiger partial charge in [0.05, 0.1) is 11.6 Å². The van der Waals surface area contributed by atoms with Crippen molar-refractivity contribution in [1.29, 1.82) is 5.26 Å². The molecule has 0 bridgehead atoms. The number of carbonyl (C=O) groups is 1. The number of aromatic nitrogens is 2. The van der Waals surface area contributed by atoms with E-state index in [9.17, 15) is 4.79 Å². The van der Waals surface area contributed by atoms with Crippen molar-refractivity contribution in [2.45, 2.75) is 44.7 Å². The zero-order valence-corrected chi connectivity index (χ0v) is 16.6. The maximum absolute atomic E-state index is 12.4. The third-order valence-electron chi connectivity index (χ3n) is 5.02. The van der Waals surface area contributed by atoms with E-state index in [1.54, 1.807) is 24.3 Å². The van der Waals surface area contributed by atoms with E-state index >= 15 is 0 Å². The molecule has 0 saturated heterocycles. The molecule has 0 spiro atoms. The highest BCUT2D eigenvalue weighted by atomic mass is 16.1. The molecule has 7 nitrogen and oxygen atoms in total. The van der Waals surface area contributed by atoms with Crippen LogP contribution in [0.5, 0.6) is 0 Å². The molecule has 1 heterocycles. The van der Waals surface area contributed by atoms with Gasteiger partial charge in [-0.15, -0.1) is 0 Å². The summed E-state index contributed by atoms with van der Waals surface area (Å²) in [6.45, 7) is 2.00. The Morgan fingerprint density at radius 2 is 1.93 bits per heavy atom. The number of hydrogen-bond acceptors (Lipinski definition) is 6. The lowest BCUT2D eigenvalue weighted by Gasteiger charge is -2.30. The number of benzene rings is 1. The van der Waals surface area contributed by atoms with Crippen molar-refractivity contribution < 1.29 is 4.79 Å². The first-order chi connectivity index (χ1) is 13.5. The van der Waals surface area contributed by atoms with Crippen LogP contribution < -0.4 is 15.5 Å². The Balaban J connectivity index is 1.53. The first-order valence-electron chi connectivity index (χ1n) is 9.55. The average Bonchev–Trinajstić information content (AvgIpc) is 2.70. The van der Waals surface area contributed by atoms with Crippen LogP contribution >= 0.6 is 0 Å². The van der Waals surface area contributed by atoms with E-state index in [1.807, 2.05) is 32.1 Å². The SMILES string of the molecule is Cc1cnc(N[C@H]2CC[C@@H](NC(=O)c3cccc(C#N)c3)CC2)nc1N(C)C. The van der Waals surface area contributed by atoms with Gasteiger partial charge in [0.1, 0.15) is 5.82 Å². The van der Waals surface area contributed by atoms with Gasteiger partial charge in [-0.05, 0) is 50.8 Å². The van der Waals surface area contributed by atoms with Crippen molar-refractivity contribution in [2.75, 3.05) is 24.3 Å². The topological polar surface area (TPSA) is 93.9 Å². The summed E-state index contributed by atoms with van der Waals surface area (Å²) in [7, 11) is 3.94. The van der Waals surface area contributed by atoms with Gasteiger partial charge in [-0.1, -0.05) is 6.07 Å². The zero-order chi connectivity index (χ0) is 20.1. The van der Waals surface area contributed by atoms with Gasteiger partial charge in [0, 0.05) is 43.5 Å². The molecule has 0 aliphatic heterocycles. The van der Waals surface area contributed by atoms with Crippen LogP contribution in [-0.2, 0) is 0 Å². The second-order valence-corrected chi connectivity index (χ2v) is 7.45. The highest BCUT2D eigenvalue weighted by Crippen LogP contribution is 2.23. The minimum Gasteiger partial charge on any atom is -0.362 e. The van der Waals surface area contributed by atoms with E-state index < -0.39 is 0 Å². The second kappa shape index (κ2) is 8.70. The van der Waals surface area contributed by atoms with Crippen LogP contribution in [0.4, 0.5) is 11.8 Å². The van der Waals surface area contributed by atoms with Gasteiger partial charge in [-0.3, -0.25) is 4.79 Å². The maximum atomic E-state index is 12.4. The van der Waals surface area contributed by atoms with Gasteiger partial charge in [0.15, 0.2) is 0 Å². The third-order valence-corrected chi connectivity index (χ3v) is 5.02. The lowest BCUT2D eigenvalue weighted by molar-refractivity contribution is 0.0926. The molecule has 1 amide bonds. The normalized spacial score (nSPS) is 18.8. The van der Waals surface area contributed by atoms with E-state index in [0.717, 1.165) is 37.1 Å². The van der Waals surface area contributed by atoms with Crippen molar-refractivity contribution in [2.24, 2.45) is 0 Å². The van der Waals surface area contributed by atoms with Gasteiger partial charge in [-0.2, -0.15) is 10.2 Å². The van der Waals surface area contributed by atoms with E-state index in [1.165, 1.54) is 0 Å². The van der Waals surface area contributed by atoms with Crippen LogP contribution in [0, 0.1) is 18.3 Å². The molecule has 0 atom stereocenters. The minimum absolute atomic E-state index is 0.119. The molecule has 2 aromatic rings. The van der Waals surface area contributed by atoms with Crippen LogP contribution in [0.25, 0.3) is 0 Å². The molecular weight excluding hydrogens is 352 g/mol. The molecule has 1 aliphatic carbocycles. The fraction of sp³-hybridized carbons (Fsp3) is 0.429. The summed E-state index contributed by atoms with van der Waals surface area (Å²) >= 11 is 0. The summed E-state index contributed by atoms with van der Waals surface area (Å²) in [5, 5.41) is 15.5. The van der Waals surface area contributed by atoms with Gasteiger partial charge < -0.3 is 15.5 Å². The van der Waals surface area contributed by atoms with Crippen LogP contribution in [0.2, 0.25) is 0 Å². The van der Waals surface area contributed by atoms with Crippen LogP contribution in [-0.4, -0.2) is 42.1 Å². The lowest BCUT2D eigenvalue weighted by Crippen LogP contribution is -2.40. The van der Waals surface area contributed by atoms with E-state index in [2.05, 4.69) is 26.7 Å². The minimum atomic E-state index is -0.119. The number of hydrogen-bond donors (Lipinski definition) is 2. The summed E-state index contributed by atoms with van der Waals surface area (Å²) in [5.41, 5.74) is 2.07. The van der Waals surface area contributed by atoms with Crippen molar-refractivity contribution in [3.05, 3.63) is 47.2 Å². The van der Waals surface area contributed by atoms with Gasteiger partial charge in [-0.25, -0.2) is 4.98 Å². The summed E-state index contributed by atoms with van der Waals surface area (Å²) in [6.07, 6.45) is 5.52. The van der Waals surface area contributed by atoms with Gasteiger partial charge in [0.25, 0.3) is 5.91 Å². The van der Waals surface area contributed by atoms with E-state index in [-0.39, 0.29) is 11.9 Å². The number of nitrogens with zero attached hydrogens (tertiary/aromatic N) is 4. The van der Waals surface area contributed by atoms with Crippen molar-refractivity contribution in [3.8, 4) is 6.07 Å². The zero-order valence-electron chi connectivity index (χ0n) is 16.6. The molecule has 0 radical (unpaired) electrons. The quantitative estimate of drug-likeness (QED) is 0.831. The fourth-order valence-corrected chi connectivity index (χ4v) is 3.52. The first kappa shape index (κ1) is 19.6. The predicted molar refractivity (Wildman–Crippen MR) is 109 cm³/mol. The van der Waals surface area contributed by atoms with Crippen molar-refractivity contribution in [3.63, 3.8) is 0 Å². The Labute approximate surface area is 165 Å². The average molecular weight is 378 g/mol. The lowest BCUT2D eigenvalue weighted by atomic mass is 9.91. The molecular formula is C21H26N6O. The molecule has 1 aromatic carbocycles. The maximum Gasteiger partial charge on any atom is 0.251 e. The van der Waals surface area contributed by atoms with Crippen LogP contribution in [0.15, 0.2) is 30.5 Å². The second-order valence-electron chi connectivity index (χ2n) is 7.45. The summed E-state index contributed by atoms with van der Waals surface area (Å²) in [6, 6.07) is 9.30. The predicted octanol–water partition coefficient (Wildman–Crippen LogP) is 2.88. The fourth-order valence-electron chi connectivity index (χ4n) is 3.52. The highest BCUT2D eigenvalue weighted by Gasteiger charge is 2.23. The Hall–Kier alpha value is -3.14. The molecule has 1 aromatic heterocycles. The number of aryl methyl sites for hydroxylation is 1. The molecule has 28 heavy (non-hydrogen) atoms. The number of nitriles is 1. The molecule has 7 heteroatoms. The Morgan fingerprint density at radius 1 is 1.21 bits per heavy atom. The highest BCUT2D eigenvalue weighted by molar-refractivity contribution is 5.94. The van der Waals surface area contributed by atoms with Gasteiger partial charge >= 0.3 is 0 Å². The number of anilines is 2. The molecule has 1 saturated carbocycles. The Morgan fingerprint density at radius 3 is 2.61 bits per heavy atom. The molecule has 3 rings (SSSR count). The Bertz CT molecular complexity index is 881. The van der Waals surface area contributed by atoms with Crippen molar-refractivity contribution in [1.82, 2.24) is 15.3 Å². The third kappa shape index (κ3) is 4.77. The number of nitrogens with one attached hydrogen (secondary N) is 2. The number of amides is 1. The molecule has 0 unspecified atom stereocenters. The largest absolute Gasteiger partial charge is 0.362 e. The number of carbonyl (C=O) groups excluding carboxylic acids is 1. The molecule has 1 aliphatic rings. The van der Waals surface area contributed by atoms with E-state index in [4.69, 9.17) is 5.26 Å². The first-order valence-corrected chi connectivity index (χ1v) is 9.55. The van der Waals surface area contributed by atoms with Crippen LogP contribution in [0.1, 0.15) is 47.2 Å². The molecule has 146 valence electrons. The summed E-state index contributed by atoms with van der Waals surface area (Å²) < 4.78 is 0. The summed E-state index contributed by atoms with van der Waals surface area (Å²) in [5.74, 6) is 1.44. The standard InChI is InChI=1S/C21H26N6O/c1-14-13-23-21(26-19(14)27(2)3)25-18-9-7-17(8-10-18)24-20(28)16-6-4-5-15(11-16)12-22/h4-6,11,13,17-18H,7-10H2,1-3H3,(H,24,28)(H,23,25,26)/t17-,18+. The van der Waals surface area contributed by atoms with E-state index in [0.29, 0.717) is 23.1 Å².